The molecule has 3 rings (SSSR count). The smallest absolute Gasteiger partial charge is 0.0947 e. The molecule has 0 spiro atoms. The molecule has 1 aromatic carbocycles. The van der Waals surface area contributed by atoms with Gasteiger partial charge in [0.25, 0.3) is 0 Å². The summed E-state index contributed by atoms with van der Waals surface area (Å²) >= 11 is 1.67. The first-order valence-electron chi connectivity index (χ1n) is 6.48. The largest absolute Gasteiger partial charge is 0.271 e. The molecule has 0 fully saturated rings. The molecular formula is C15H16N4S. The third-order valence-electron chi connectivity index (χ3n) is 3.28. The van der Waals surface area contributed by atoms with Crippen molar-refractivity contribution in [2.24, 2.45) is 5.84 Å². The van der Waals surface area contributed by atoms with Crippen LogP contribution < -0.4 is 11.3 Å². The van der Waals surface area contributed by atoms with Crippen molar-refractivity contribution >= 4 is 22.2 Å². The molecule has 0 bridgehead atoms. The summed E-state index contributed by atoms with van der Waals surface area (Å²) in [5.41, 5.74) is 6.05. The minimum absolute atomic E-state index is 0.0481. The van der Waals surface area contributed by atoms with Crippen molar-refractivity contribution in [3.05, 3.63) is 58.2 Å². The number of nitrogens with two attached hydrogens (primary N) is 1. The van der Waals surface area contributed by atoms with Gasteiger partial charge in [0.2, 0.25) is 0 Å². The predicted molar refractivity (Wildman–Crippen MR) is 82.4 cm³/mol. The number of aryl methyl sites for hydroxylation is 1. The Labute approximate surface area is 121 Å². The summed E-state index contributed by atoms with van der Waals surface area (Å²) in [4.78, 5) is 8.88. The lowest BCUT2D eigenvalue weighted by Gasteiger charge is -2.15. The number of pyridine rings is 1. The van der Waals surface area contributed by atoms with Crippen LogP contribution >= 0.6 is 11.3 Å². The van der Waals surface area contributed by atoms with Gasteiger partial charge in [-0.05, 0) is 24.6 Å². The molecule has 5 heteroatoms. The van der Waals surface area contributed by atoms with Crippen LogP contribution in [0.3, 0.4) is 0 Å². The zero-order chi connectivity index (χ0) is 13.9. The minimum atomic E-state index is 0.0481. The van der Waals surface area contributed by atoms with Crippen LogP contribution in [0.5, 0.6) is 0 Å². The average molecular weight is 284 g/mol. The molecule has 0 aliphatic carbocycles. The van der Waals surface area contributed by atoms with Crippen LogP contribution in [0.2, 0.25) is 0 Å². The van der Waals surface area contributed by atoms with E-state index in [0.717, 1.165) is 33.6 Å². The van der Waals surface area contributed by atoms with Gasteiger partial charge in [0.15, 0.2) is 0 Å². The fourth-order valence-electron chi connectivity index (χ4n) is 2.24. The Morgan fingerprint density at radius 2 is 2.25 bits per heavy atom. The number of hydrogen-bond acceptors (Lipinski definition) is 5. The van der Waals surface area contributed by atoms with Crippen LogP contribution in [0, 0.1) is 6.92 Å². The van der Waals surface area contributed by atoms with Crippen LogP contribution in [0.15, 0.2) is 41.9 Å². The van der Waals surface area contributed by atoms with E-state index in [4.69, 9.17) is 5.84 Å². The van der Waals surface area contributed by atoms with Gasteiger partial charge < -0.3 is 0 Å². The first-order chi connectivity index (χ1) is 9.76. The van der Waals surface area contributed by atoms with Crippen LogP contribution in [-0.4, -0.2) is 9.97 Å². The predicted octanol–water partition coefficient (Wildman–Crippen LogP) is 2.75. The lowest BCUT2D eigenvalue weighted by atomic mass is 10.0. The van der Waals surface area contributed by atoms with E-state index in [0.29, 0.717) is 0 Å². The highest BCUT2D eigenvalue weighted by Gasteiger charge is 2.13. The van der Waals surface area contributed by atoms with Gasteiger partial charge in [-0.2, -0.15) is 0 Å². The van der Waals surface area contributed by atoms with Crippen molar-refractivity contribution in [1.82, 2.24) is 15.4 Å². The molecule has 0 amide bonds. The first-order valence-corrected chi connectivity index (χ1v) is 7.36. The van der Waals surface area contributed by atoms with Gasteiger partial charge >= 0.3 is 0 Å². The quantitative estimate of drug-likeness (QED) is 0.571. The maximum atomic E-state index is 5.71. The number of benzene rings is 1. The minimum Gasteiger partial charge on any atom is -0.271 e. The molecule has 20 heavy (non-hydrogen) atoms. The Hall–Kier alpha value is -1.82. The number of fused-ring (bicyclic) bond motifs is 1. The van der Waals surface area contributed by atoms with Crippen molar-refractivity contribution in [3.8, 4) is 0 Å². The van der Waals surface area contributed by atoms with Gasteiger partial charge in [0.05, 0.1) is 16.6 Å². The zero-order valence-corrected chi connectivity index (χ0v) is 12.0. The van der Waals surface area contributed by atoms with Crippen LogP contribution in [-0.2, 0) is 6.42 Å². The SMILES string of the molecule is Cc1csc(CC(NN)c2ccc3cccnc3c2)n1. The van der Waals surface area contributed by atoms with E-state index in [1.54, 1.807) is 17.5 Å². The molecule has 0 saturated heterocycles. The number of nitrogens with zero attached hydrogens (tertiary/aromatic N) is 2. The maximum Gasteiger partial charge on any atom is 0.0947 e. The van der Waals surface area contributed by atoms with E-state index in [2.05, 4.69) is 45.0 Å². The lowest BCUT2D eigenvalue weighted by molar-refractivity contribution is 0.551. The number of hydrazine groups is 1. The molecule has 2 heterocycles. The fourth-order valence-corrected chi connectivity index (χ4v) is 3.06. The summed E-state index contributed by atoms with van der Waals surface area (Å²) in [7, 11) is 0. The van der Waals surface area contributed by atoms with E-state index < -0.39 is 0 Å². The van der Waals surface area contributed by atoms with Gasteiger partial charge in [0, 0.05) is 29.1 Å². The van der Waals surface area contributed by atoms with Crippen molar-refractivity contribution in [1.29, 1.82) is 0 Å². The molecule has 1 unspecified atom stereocenters. The molecule has 0 radical (unpaired) electrons. The Morgan fingerprint density at radius 1 is 1.35 bits per heavy atom. The molecule has 4 nitrogen and oxygen atoms in total. The summed E-state index contributed by atoms with van der Waals surface area (Å²) in [6.45, 7) is 2.00. The second-order valence-corrected chi connectivity index (χ2v) is 5.70. The van der Waals surface area contributed by atoms with E-state index in [1.165, 1.54) is 0 Å². The molecule has 2 aromatic heterocycles. The number of aromatic nitrogens is 2. The Kier molecular flexibility index (Phi) is 3.73. The molecule has 0 saturated carbocycles. The van der Waals surface area contributed by atoms with Crippen LogP contribution in [0.4, 0.5) is 0 Å². The monoisotopic (exact) mass is 284 g/mol. The first kappa shape index (κ1) is 13.2. The molecule has 3 N–H and O–H groups in total. The number of rotatable bonds is 4. The summed E-state index contributed by atoms with van der Waals surface area (Å²) in [5.74, 6) is 5.71. The number of nitrogens with one attached hydrogen (secondary N) is 1. The van der Waals surface area contributed by atoms with Gasteiger partial charge in [-0.3, -0.25) is 16.3 Å². The molecule has 1 atom stereocenters. The Bertz CT molecular complexity index is 722. The standard InChI is InChI=1S/C15H16N4S/c1-10-9-20-15(18-10)8-14(19-16)12-5-4-11-3-2-6-17-13(11)7-12/h2-7,9,14,19H,8,16H2,1H3. The van der Waals surface area contributed by atoms with E-state index in [9.17, 15) is 0 Å². The fraction of sp³-hybridized carbons (Fsp3) is 0.200. The molecule has 3 aromatic rings. The molecular weight excluding hydrogens is 268 g/mol. The highest BCUT2D eigenvalue weighted by molar-refractivity contribution is 7.09. The van der Waals surface area contributed by atoms with Crippen LogP contribution in [0.1, 0.15) is 22.3 Å². The third kappa shape index (κ3) is 2.70. The second kappa shape index (κ2) is 5.66. The lowest BCUT2D eigenvalue weighted by Crippen LogP contribution is -2.29. The Balaban J connectivity index is 1.90. The van der Waals surface area contributed by atoms with Gasteiger partial charge in [-0.15, -0.1) is 11.3 Å². The van der Waals surface area contributed by atoms with Crippen molar-refractivity contribution in [2.75, 3.05) is 0 Å². The second-order valence-electron chi connectivity index (χ2n) is 4.76. The number of hydrogen-bond donors (Lipinski definition) is 2. The van der Waals surface area contributed by atoms with Gasteiger partial charge in [-0.1, -0.05) is 18.2 Å². The summed E-state index contributed by atoms with van der Waals surface area (Å²) in [6, 6.07) is 10.3. The van der Waals surface area contributed by atoms with E-state index in [1.807, 2.05) is 13.0 Å². The van der Waals surface area contributed by atoms with Crippen molar-refractivity contribution < 1.29 is 0 Å². The zero-order valence-electron chi connectivity index (χ0n) is 11.2. The highest BCUT2D eigenvalue weighted by atomic mass is 32.1. The average Bonchev–Trinajstić information content (AvgIpc) is 2.89. The van der Waals surface area contributed by atoms with E-state index >= 15 is 0 Å². The third-order valence-corrected chi connectivity index (χ3v) is 4.27. The summed E-state index contributed by atoms with van der Waals surface area (Å²) < 4.78 is 0. The maximum absolute atomic E-state index is 5.71. The number of thiazole rings is 1. The topological polar surface area (TPSA) is 63.8 Å². The molecule has 0 aliphatic heterocycles. The Morgan fingerprint density at radius 3 is 3.00 bits per heavy atom. The van der Waals surface area contributed by atoms with Gasteiger partial charge in [-0.25, -0.2) is 4.98 Å². The molecule has 102 valence electrons. The molecule has 0 aliphatic rings. The normalized spacial score (nSPS) is 12.7. The van der Waals surface area contributed by atoms with Crippen LogP contribution in [0.25, 0.3) is 10.9 Å². The summed E-state index contributed by atoms with van der Waals surface area (Å²) in [5, 5.41) is 4.29. The van der Waals surface area contributed by atoms with Crippen molar-refractivity contribution in [3.63, 3.8) is 0 Å². The summed E-state index contributed by atoms with van der Waals surface area (Å²) in [6.07, 6.45) is 2.59. The van der Waals surface area contributed by atoms with E-state index in [-0.39, 0.29) is 6.04 Å². The highest BCUT2D eigenvalue weighted by Crippen LogP contribution is 2.23. The van der Waals surface area contributed by atoms with Crippen molar-refractivity contribution in [2.45, 2.75) is 19.4 Å². The van der Waals surface area contributed by atoms with Gasteiger partial charge in [0.1, 0.15) is 0 Å².